The molecule has 0 aromatic carbocycles. The van der Waals surface area contributed by atoms with Gasteiger partial charge in [-0.05, 0) is 56.6 Å². The Morgan fingerprint density at radius 2 is 2.00 bits per heavy atom. The number of halogens is 2. The van der Waals surface area contributed by atoms with Gasteiger partial charge >= 0.3 is 5.97 Å². The minimum Gasteiger partial charge on any atom is -0.481 e. The smallest absolute Gasteiger partial charge is 0.306 e. The summed E-state index contributed by atoms with van der Waals surface area (Å²) >= 11 is 0. The molecule has 0 unspecified atom stereocenters. The first-order valence-electron chi connectivity index (χ1n) is 12.3. The molecule has 2 saturated carbocycles. The highest BCUT2D eigenvalue weighted by Crippen LogP contribution is 2.35. The molecule has 12 heteroatoms. The second-order valence-corrected chi connectivity index (χ2v) is 9.77. The van der Waals surface area contributed by atoms with Crippen LogP contribution in [-0.2, 0) is 4.79 Å². The molecule has 2 fully saturated rings. The van der Waals surface area contributed by atoms with Crippen molar-refractivity contribution in [2.24, 2.45) is 11.8 Å². The van der Waals surface area contributed by atoms with Crippen LogP contribution in [0.3, 0.4) is 0 Å². The summed E-state index contributed by atoms with van der Waals surface area (Å²) < 4.78 is 34.3. The molecule has 0 saturated heterocycles. The SMILES string of the molecule is CN(CC1CC1)c1cc(-c2nc(C(=O)Nc3cn(C4CCC(C(=O)O)CC4)nc3C(F)F)co2)ccn1. The maximum absolute atomic E-state index is 13.7. The van der Waals surface area contributed by atoms with Crippen LogP contribution in [0.1, 0.15) is 67.2 Å². The van der Waals surface area contributed by atoms with E-state index in [0.29, 0.717) is 37.2 Å². The van der Waals surface area contributed by atoms with Crippen molar-refractivity contribution in [2.75, 3.05) is 23.8 Å². The molecule has 2 aliphatic rings. The summed E-state index contributed by atoms with van der Waals surface area (Å²) in [5, 5.41) is 15.7. The van der Waals surface area contributed by atoms with Gasteiger partial charge in [0.05, 0.1) is 17.6 Å². The Kier molecular flexibility index (Phi) is 6.90. The van der Waals surface area contributed by atoms with Crippen LogP contribution in [0.15, 0.2) is 35.2 Å². The molecule has 10 nitrogen and oxygen atoms in total. The van der Waals surface area contributed by atoms with Crippen LogP contribution in [0.4, 0.5) is 20.3 Å². The highest BCUT2D eigenvalue weighted by Gasteiger charge is 2.30. The van der Waals surface area contributed by atoms with Crippen molar-refractivity contribution in [3.63, 3.8) is 0 Å². The number of aromatic nitrogens is 4. The zero-order valence-corrected chi connectivity index (χ0v) is 20.3. The monoisotopic (exact) mass is 514 g/mol. The number of carbonyl (C=O) groups is 2. The molecule has 3 aromatic heterocycles. The molecule has 0 atom stereocenters. The summed E-state index contributed by atoms with van der Waals surface area (Å²) in [5.74, 6) is -0.313. The normalized spacial score (nSPS) is 19.7. The number of carboxylic acid groups (broad SMARTS) is 1. The Hall–Kier alpha value is -3.83. The number of nitrogens with one attached hydrogen (secondary N) is 1. The van der Waals surface area contributed by atoms with E-state index < -0.39 is 29.9 Å². The summed E-state index contributed by atoms with van der Waals surface area (Å²) in [6.45, 7) is 0.914. The van der Waals surface area contributed by atoms with Crippen LogP contribution in [-0.4, -0.2) is 50.3 Å². The van der Waals surface area contributed by atoms with Crippen molar-refractivity contribution in [3.8, 4) is 11.5 Å². The molecule has 37 heavy (non-hydrogen) atoms. The average molecular weight is 515 g/mol. The number of rotatable bonds is 9. The van der Waals surface area contributed by atoms with Crippen LogP contribution in [0.25, 0.3) is 11.5 Å². The second kappa shape index (κ2) is 10.3. The highest BCUT2D eigenvalue weighted by atomic mass is 19.3. The van der Waals surface area contributed by atoms with E-state index in [4.69, 9.17) is 4.42 Å². The number of pyridine rings is 1. The number of hydrogen-bond acceptors (Lipinski definition) is 7. The van der Waals surface area contributed by atoms with Crippen LogP contribution >= 0.6 is 0 Å². The third kappa shape index (κ3) is 5.62. The molecule has 1 amide bonds. The quantitative estimate of drug-likeness (QED) is 0.418. The Morgan fingerprint density at radius 3 is 2.68 bits per heavy atom. The van der Waals surface area contributed by atoms with Gasteiger partial charge in [0.1, 0.15) is 12.1 Å². The lowest BCUT2D eigenvalue weighted by molar-refractivity contribution is -0.143. The van der Waals surface area contributed by atoms with E-state index in [1.54, 1.807) is 12.3 Å². The molecular weight excluding hydrogens is 486 g/mol. The Morgan fingerprint density at radius 1 is 1.24 bits per heavy atom. The zero-order valence-electron chi connectivity index (χ0n) is 20.3. The fourth-order valence-electron chi connectivity index (χ4n) is 4.68. The number of alkyl halides is 2. The lowest BCUT2D eigenvalue weighted by Gasteiger charge is -2.26. The predicted octanol–water partition coefficient (Wildman–Crippen LogP) is 4.79. The fraction of sp³-hybridized carbons (Fsp3) is 0.480. The molecule has 5 rings (SSSR count). The zero-order chi connectivity index (χ0) is 26.1. The van der Waals surface area contributed by atoms with E-state index in [2.05, 4.69) is 25.3 Å². The topological polar surface area (TPSA) is 126 Å². The van der Waals surface area contributed by atoms with Crippen LogP contribution in [0, 0.1) is 11.8 Å². The molecule has 0 bridgehead atoms. The Labute approximate surface area is 211 Å². The van der Waals surface area contributed by atoms with Crippen molar-refractivity contribution in [2.45, 2.75) is 51.0 Å². The number of oxazole rings is 1. The standard InChI is InChI=1S/C25H28F2N6O4/c1-32(11-14-2-3-14)20-10-16(8-9-28-20)24-30-19(13-37-24)23(34)29-18-12-33(31-21(18)22(26)27)17-6-4-15(5-7-17)25(35)36/h8-10,12-15,17,22H,2-7,11H2,1H3,(H,29,34)(H,35,36). The van der Waals surface area contributed by atoms with E-state index in [1.807, 2.05) is 13.1 Å². The Balaban J connectivity index is 1.28. The molecule has 2 aliphatic carbocycles. The largest absolute Gasteiger partial charge is 0.481 e. The third-order valence-corrected chi connectivity index (χ3v) is 6.98. The maximum atomic E-state index is 13.7. The number of nitrogens with zero attached hydrogens (tertiary/aromatic N) is 5. The van der Waals surface area contributed by atoms with Crippen molar-refractivity contribution >= 4 is 23.4 Å². The van der Waals surface area contributed by atoms with Crippen LogP contribution in [0.5, 0.6) is 0 Å². The number of carbonyl (C=O) groups excluding carboxylic acids is 1. The summed E-state index contributed by atoms with van der Waals surface area (Å²) in [4.78, 5) is 34.7. The average Bonchev–Trinajstić information content (AvgIpc) is 3.39. The predicted molar refractivity (Wildman–Crippen MR) is 129 cm³/mol. The third-order valence-electron chi connectivity index (χ3n) is 6.98. The maximum Gasteiger partial charge on any atom is 0.306 e. The van der Waals surface area contributed by atoms with Gasteiger partial charge in [0.15, 0.2) is 11.4 Å². The van der Waals surface area contributed by atoms with Crippen LogP contribution in [0.2, 0.25) is 0 Å². The van der Waals surface area contributed by atoms with Crippen molar-refractivity contribution in [1.29, 1.82) is 0 Å². The molecule has 3 aromatic rings. The fourth-order valence-corrected chi connectivity index (χ4v) is 4.68. The van der Waals surface area contributed by atoms with Gasteiger partial charge in [-0.15, -0.1) is 0 Å². The van der Waals surface area contributed by atoms with Gasteiger partial charge < -0.3 is 19.7 Å². The first-order valence-corrected chi connectivity index (χ1v) is 12.3. The second-order valence-electron chi connectivity index (χ2n) is 9.77. The van der Waals surface area contributed by atoms with E-state index in [0.717, 1.165) is 12.4 Å². The van der Waals surface area contributed by atoms with Crippen molar-refractivity contribution in [1.82, 2.24) is 19.7 Å². The highest BCUT2D eigenvalue weighted by molar-refractivity contribution is 6.03. The lowest BCUT2D eigenvalue weighted by atomic mass is 9.86. The van der Waals surface area contributed by atoms with E-state index in [1.165, 1.54) is 30.0 Å². The number of amides is 1. The summed E-state index contributed by atoms with van der Waals surface area (Å²) in [7, 11) is 1.97. The molecule has 196 valence electrons. The van der Waals surface area contributed by atoms with Crippen molar-refractivity contribution < 1.29 is 27.9 Å². The Bertz CT molecular complexity index is 1280. The van der Waals surface area contributed by atoms with E-state index in [9.17, 15) is 23.5 Å². The van der Waals surface area contributed by atoms with E-state index >= 15 is 0 Å². The minimum atomic E-state index is -2.90. The lowest BCUT2D eigenvalue weighted by Crippen LogP contribution is -2.23. The van der Waals surface area contributed by atoms with Gasteiger partial charge in [0.2, 0.25) is 5.89 Å². The van der Waals surface area contributed by atoms with Crippen molar-refractivity contribution in [3.05, 3.63) is 42.2 Å². The van der Waals surface area contributed by atoms with Gasteiger partial charge in [-0.2, -0.15) is 5.10 Å². The minimum absolute atomic E-state index is 0.0605. The van der Waals surface area contributed by atoms with Gasteiger partial charge in [-0.3, -0.25) is 14.3 Å². The van der Waals surface area contributed by atoms with Gasteiger partial charge in [0, 0.05) is 31.5 Å². The molecular formula is C25H28F2N6O4. The van der Waals surface area contributed by atoms with E-state index in [-0.39, 0.29) is 23.3 Å². The molecule has 0 radical (unpaired) electrons. The number of aliphatic carboxylic acids is 1. The van der Waals surface area contributed by atoms with Crippen LogP contribution < -0.4 is 10.2 Å². The number of carboxylic acids is 1. The summed E-state index contributed by atoms with van der Waals surface area (Å²) in [6.07, 6.45) is 5.64. The number of hydrogen-bond donors (Lipinski definition) is 2. The molecule has 0 spiro atoms. The first-order chi connectivity index (χ1) is 17.8. The molecule has 0 aliphatic heterocycles. The van der Waals surface area contributed by atoms with Gasteiger partial charge in [-0.1, -0.05) is 0 Å². The molecule has 2 N–H and O–H groups in total. The molecule has 3 heterocycles. The van der Waals surface area contributed by atoms with Gasteiger partial charge in [-0.25, -0.2) is 18.7 Å². The number of anilines is 2. The summed E-state index contributed by atoms with van der Waals surface area (Å²) in [5.41, 5.74) is -0.0768. The van der Waals surface area contributed by atoms with Gasteiger partial charge in [0.25, 0.3) is 12.3 Å². The summed E-state index contributed by atoms with van der Waals surface area (Å²) in [6, 6.07) is 3.34. The first kappa shape index (κ1) is 24.8.